The lowest BCUT2D eigenvalue weighted by Gasteiger charge is -2.21. The molecule has 3 N–H and O–H groups in total. The predicted octanol–water partition coefficient (Wildman–Crippen LogP) is 3.40. The molecule has 2 atom stereocenters. The van der Waals surface area contributed by atoms with E-state index in [0.29, 0.717) is 6.42 Å². The van der Waals surface area contributed by atoms with Gasteiger partial charge in [0.2, 0.25) is 0 Å². The number of nitrogens with two attached hydrogens (primary N) is 1. The highest BCUT2D eigenvalue weighted by atomic mass is 35.5. The highest BCUT2D eigenvalue weighted by molar-refractivity contribution is 5.85. The maximum atomic E-state index is 11.3. The Morgan fingerprint density at radius 3 is 2.68 bits per heavy atom. The summed E-state index contributed by atoms with van der Waals surface area (Å²) < 4.78 is 7.42. The first-order chi connectivity index (χ1) is 11.1. The van der Waals surface area contributed by atoms with Crippen LogP contribution < -0.4 is 5.73 Å². The number of aromatic nitrogens is 2. The third-order valence-corrected chi connectivity index (χ3v) is 4.62. The number of carboxylic acids is 1. The monoisotopic (exact) mass is 395 g/mol. The van der Waals surface area contributed by atoms with Crippen molar-refractivity contribution in [2.75, 3.05) is 0 Å². The van der Waals surface area contributed by atoms with E-state index < -0.39 is 18.3 Å². The van der Waals surface area contributed by atoms with E-state index in [1.165, 1.54) is 38.5 Å². The summed E-state index contributed by atoms with van der Waals surface area (Å²) in [6, 6.07) is 0. The fourth-order valence-electron chi connectivity index (χ4n) is 3.13. The third-order valence-electron chi connectivity index (χ3n) is 4.62. The van der Waals surface area contributed by atoms with Gasteiger partial charge in [-0.15, -0.1) is 24.8 Å². The van der Waals surface area contributed by atoms with Gasteiger partial charge < -0.3 is 20.1 Å². The highest BCUT2D eigenvalue weighted by Crippen LogP contribution is 2.26. The number of hydrogen-bond donors (Lipinski definition) is 2. The van der Waals surface area contributed by atoms with Crippen LogP contribution in [0.15, 0.2) is 12.5 Å². The number of hydrogen-bond acceptors (Lipinski definition) is 4. The number of rotatable bonds is 9. The third kappa shape index (κ3) is 8.40. The van der Waals surface area contributed by atoms with Crippen LogP contribution >= 0.6 is 24.8 Å². The van der Waals surface area contributed by atoms with Crippen molar-refractivity contribution in [1.82, 2.24) is 9.55 Å². The molecular weight excluding hydrogens is 365 g/mol. The van der Waals surface area contributed by atoms with Gasteiger partial charge in [0, 0.05) is 19.2 Å². The molecule has 1 fully saturated rings. The molecule has 0 amide bonds. The largest absolute Gasteiger partial charge is 0.479 e. The number of ether oxygens (including phenoxy) is 1. The van der Waals surface area contributed by atoms with E-state index in [1.54, 1.807) is 6.33 Å². The smallest absolute Gasteiger partial charge is 0.333 e. The second-order valence-corrected chi connectivity index (χ2v) is 6.51. The molecule has 1 heterocycles. The van der Waals surface area contributed by atoms with Crippen molar-refractivity contribution in [2.45, 2.75) is 77.2 Å². The first-order valence-corrected chi connectivity index (χ1v) is 8.73. The molecule has 0 aliphatic heterocycles. The summed E-state index contributed by atoms with van der Waals surface area (Å²) in [5, 5.41) is 9.24. The fraction of sp³-hybridized carbons (Fsp3) is 0.765. The minimum atomic E-state index is -0.995. The highest BCUT2D eigenvalue weighted by Gasteiger charge is 2.22. The Hall–Kier alpha value is -0.820. The van der Waals surface area contributed by atoms with Crippen LogP contribution in [0.3, 0.4) is 0 Å². The molecule has 0 spiro atoms. The SMILES string of the molecule is CCC(N)O[C@H](Cc1cn(CCC2CCCCC2)cn1)C(=O)O.Cl.Cl. The van der Waals surface area contributed by atoms with Crippen LogP contribution in [0.4, 0.5) is 0 Å². The van der Waals surface area contributed by atoms with E-state index >= 15 is 0 Å². The van der Waals surface area contributed by atoms with E-state index in [4.69, 9.17) is 10.5 Å². The predicted molar refractivity (Wildman–Crippen MR) is 102 cm³/mol. The quantitative estimate of drug-likeness (QED) is 0.625. The van der Waals surface area contributed by atoms with Gasteiger partial charge in [0.15, 0.2) is 6.10 Å². The van der Waals surface area contributed by atoms with Gasteiger partial charge in [0.25, 0.3) is 0 Å². The lowest BCUT2D eigenvalue weighted by molar-refractivity contribution is -0.154. The summed E-state index contributed by atoms with van der Waals surface area (Å²) in [6.07, 6.45) is 11.0. The minimum absolute atomic E-state index is 0. The summed E-state index contributed by atoms with van der Waals surface area (Å²) in [5.74, 6) is -0.169. The molecule has 0 aromatic carbocycles. The van der Waals surface area contributed by atoms with Gasteiger partial charge in [0.1, 0.15) is 6.23 Å². The van der Waals surface area contributed by atoms with Crippen molar-refractivity contribution in [3.63, 3.8) is 0 Å². The molecule has 2 rings (SSSR count). The zero-order valence-corrected chi connectivity index (χ0v) is 16.4. The van der Waals surface area contributed by atoms with Gasteiger partial charge in [-0.3, -0.25) is 0 Å². The van der Waals surface area contributed by atoms with Gasteiger partial charge in [0.05, 0.1) is 12.0 Å². The lowest BCUT2D eigenvalue weighted by atomic mass is 9.87. The van der Waals surface area contributed by atoms with Crippen LogP contribution in [0.25, 0.3) is 0 Å². The van der Waals surface area contributed by atoms with E-state index in [9.17, 15) is 9.90 Å². The normalized spacial score (nSPS) is 17.2. The Labute approximate surface area is 162 Å². The molecule has 8 heteroatoms. The molecule has 0 saturated heterocycles. The van der Waals surface area contributed by atoms with Crippen LogP contribution in [-0.4, -0.2) is 33.0 Å². The molecule has 1 aliphatic carbocycles. The zero-order valence-electron chi connectivity index (χ0n) is 14.8. The number of halogens is 2. The Morgan fingerprint density at radius 2 is 2.08 bits per heavy atom. The Kier molecular flexibility index (Phi) is 12.1. The number of nitrogens with zero attached hydrogens (tertiary/aromatic N) is 2. The van der Waals surface area contributed by atoms with E-state index in [-0.39, 0.29) is 31.2 Å². The van der Waals surface area contributed by atoms with Gasteiger partial charge in [-0.1, -0.05) is 39.0 Å². The van der Waals surface area contributed by atoms with Crippen LogP contribution in [-0.2, 0) is 22.5 Å². The summed E-state index contributed by atoms with van der Waals surface area (Å²) in [7, 11) is 0. The number of aliphatic carboxylic acids is 1. The molecule has 6 nitrogen and oxygen atoms in total. The van der Waals surface area contributed by atoms with Crippen molar-refractivity contribution in [3.8, 4) is 0 Å². The average Bonchev–Trinajstić information content (AvgIpc) is 3.00. The van der Waals surface area contributed by atoms with E-state index in [0.717, 1.165) is 18.2 Å². The number of imidazole rings is 1. The molecule has 0 radical (unpaired) electrons. The molecule has 1 aromatic rings. The van der Waals surface area contributed by atoms with Crippen molar-refractivity contribution in [3.05, 3.63) is 18.2 Å². The van der Waals surface area contributed by atoms with Crippen LogP contribution in [0.1, 0.15) is 57.6 Å². The second-order valence-electron chi connectivity index (χ2n) is 6.51. The number of carbonyl (C=O) groups is 1. The fourth-order valence-corrected chi connectivity index (χ4v) is 3.13. The summed E-state index contributed by atoms with van der Waals surface area (Å²) in [5.41, 5.74) is 6.43. The second kappa shape index (κ2) is 12.5. The summed E-state index contributed by atoms with van der Waals surface area (Å²) >= 11 is 0. The van der Waals surface area contributed by atoms with Crippen LogP contribution in [0.2, 0.25) is 0 Å². The average molecular weight is 396 g/mol. The summed E-state index contributed by atoms with van der Waals surface area (Å²) in [6.45, 7) is 2.81. The zero-order chi connectivity index (χ0) is 16.7. The van der Waals surface area contributed by atoms with Gasteiger partial charge in [-0.05, 0) is 18.8 Å². The molecule has 1 saturated carbocycles. The molecule has 1 aromatic heterocycles. The standard InChI is InChI=1S/C17H29N3O3.2ClH/c1-2-16(18)23-15(17(21)22)10-14-11-20(12-19-14)9-8-13-6-4-3-5-7-13;;/h11-13,15-16H,2-10,18H2,1H3,(H,21,22);2*1H/t15-,16?;;/m1../s1. The van der Waals surface area contributed by atoms with Gasteiger partial charge in [-0.25, -0.2) is 9.78 Å². The molecule has 0 bridgehead atoms. The molecule has 146 valence electrons. The lowest BCUT2D eigenvalue weighted by Crippen LogP contribution is -2.35. The van der Waals surface area contributed by atoms with Crippen molar-refractivity contribution in [1.29, 1.82) is 0 Å². The summed E-state index contributed by atoms with van der Waals surface area (Å²) in [4.78, 5) is 15.6. The van der Waals surface area contributed by atoms with Crippen molar-refractivity contribution >= 4 is 30.8 Å². The maximum Gasteiger partial charge on any atom is 0.333 e. The number of aryl methyl sites for hydroxylation is 1. The Morgan fingerprint density at radius 1 is 1.40 bits per heavy atom. The molecular formula is C17H31Cl2N3O3. The number of carboxylic acid groups (broad SMARTS) is 1. The maximum absolute atomic E-state index is 11.3. The molecule has 1 unspecified atom stereocenters. The first kappa shape index (κ1) is 24.2. The Balaban J connectivity index is 0.00000288. The first-order valence-electron chi connectivity index (χ1n) is 8.73. The topological polar surface area (TPSA) is 90.4 Å². The van der Waals surface area contributed by atoms with Gasteiger partial charge >= 0.3 is 5.97 Å². The van der Waals surface area contributed by atoms with Gasteiger partial charge in [-0.2, -0.15) is 0 Å². The van der Waals surface area contributed by atoms with E-state index in [2.05, 4.69) is 9.55 Å². The van der Waals surface area contributed by atoms with E-state index in [1.807, 2.05) is 13.1 Å². The van der Waals surface area contributed by atoms with Crippen LogP contribution in [0.5, 0.6) is 0 Å². The van der Waals surface area contributed by atoms with Crippen molar-refractivity contribution in [2.24, 2.45) is 11.7 Å². The van der Waals surface area contributed by atoms with Crippen LogP contribution in [0, 0.1) is 5.92 Å². The van der Waals surface area contributed by atoms with Crippen molar-refractivity contribution < 1.29 is 14.6 Å². The molecule has 1 aliphatic rings. The Bertz CT molecular complexity index is 493. The minimum Gasteiger partial charge on any atom is -0.479 e. The molecule has 25 heavy (non-hydrogen) atoms.